The molecule has 0 heterocycles. The van der Waals surface area contributed by atoms with Gasteiger partial charge in [-0.3, -0.25) is 10.1 Å². The fraction of sp³-hybridized carbons (Fsp3) is 0.333. The van der Waals surface area contributed by atoms with Gasteiger partial charge in [-0.2, -0.15) is 0 Å². The predicted molar refractivity (Wildman–Crippen MR) is 105 cm³/mol. The van der Waals surface area contributed by atoms with Crippen molar-refractivity contribution in [2.24, 2.45) is 0 Å². The first-order chi connectivity index (χ1) is 12.8. The van der Waals surface area contributed by atoms with Crippen LogP contribution in [-0.4, -0.2) is 24.7 Å². The Bertz CT molecular complexity index is 797. The van der Waals surface area contributed by atoms with Gasteiger partial charge in [0, 0.05) is 24.9 Å². The summed E-state index contributed by atoms with van der Waals surface area (Å²) in [5.41, 5.74) is 2.38. The zero-order valence-electron chi connectivity index (χ0n) is 16.2. The van der Waals surface area contributed by atoms with Crippen LogP contribution in [-0.2, 0) is 22.6 Å². The van der Waals surface area contributed by atoms with Gasteiger partial charge < -0.3 is 14.8 Å². The van der Waals surface area contributed by atoms with E-state index in [0.29, 0.717) is 24.4 Å². The van der Waals surface area contributed by atoms with Gasteiger partial charge in [0.05, 0.1) is 6.61 Å². The quantitative estimate of drug-likeness (QED) is 0.802. The Kier molecular flexibility index (Phi) is 6.96. The molecule has 0 fully saturated rings. The lowest BCUT2D eigenvalue weighted by Crippen LogP contribution is -2.27. The number of carbonyl (C=O) groups is 2. The fourth-order valence-corrected chi connectivity index (χ4v) is 2.46. The van der Waals surface area contributed by atoms with E-state index >= 15 is 0 Å². The molecule has 0 aliphatic heterocycles. The van der Waals surface area contributed by atoms with E-state index in [1.54, 1.807) is 52.1 Å². The normalized spacial score (nSPS) is 11.0. The average molecular weight is 370 g/mol. The zero-order chi connectivity index (χ0) is 19.9. The molecule has 0 spiro atoms. The minimum atomic E-state index is -0.589. The molecule has 0 aliphatic carbocycles. The van der Waals surface area contributed by atoms with E-state index in [0.717, 1.165) is 11.1 Å². The van der Waals surface area contributed by atoms with E-state index in [1.807, 2.05) is 24.3 Å². The van der Waals surface area contributed by atoms with E-state index in [2.05, 4.69) is 10.6 Å². The summed E-state index contributed by atoms with van der Waals surface area (Å²) in [6.45, 7) is 6.25. The van der Waals surface area contributed by atoms with Crippen LogP contribution >= 0.6 is 0 Å². The summed E-state index contributed by atoms with van der Waals surface area (Å²) >= 11 is 0. The highest BCUT2D eigenvalue weighted by molar-refractivity contribution is 5.96. The second-order valence-electron chi connectivity index (χ2n) is 7.09. The molecule has 2 N–H and O–H groups in total. The number of benzene rings is 2. The van der Waals surface area contributed by atoms with Crippen LogP contribution in [0.3, 0.4) is 0 Å². The first kappa shape index (κ1) is 20.5. The topological polar surface area (TPSA) is 76.7 Å². The largest absolute Gasteiger partial charge is 0.444 e. The van der Waals surface area contributed by atoms with Crippen LogP contribution in [0.1, 0.15) is 42.3 Å². The summed E-state index contributed by atoms with van der Waals surface area (Å²) in [4.78, 5) is 24.3. The molecule has 2 aromatic carbocycles. The van der Waals surface area contributed by atoms with Gasteiger partial charge in [-0.05, 0) is 50.1 Å². The van der Waals surface area contributed by atoms with Crippen molar-refractivity contribution in [3.63, 3.8) is 0 Å². The number of hydrogen-bond acceptors (Lipinski definition) is 4. The van der Waals surface area contributed by atoms with Crippen molar-refractivity contribution in [2.75, 3.05) is 12.4 Å². The number of methoxy groups -OCH3 is 1. The van der Waals surface area contributed by atoms with Crippen LogP contribution in [0.4, 0.5) is 10.5 Å². The summed E-state index contributed by atoms with van der Waals surface area (Å²) in [6.07, 6.45) is -0.562. The second-order valence-corrected chi connectivity index (χ2v) is 7.09. The second kappa shape index (κ2) is 9.19. The van der Waals surface area contributed by atoms with E-state index in [4.69, 9.17) is 9.47 Å². The maximum absolute atomic E-state index is 12.5. The van der Waals surface area contributed by atoms with Crippen LogP contribution in [0.15, 0.2) is 48.5 Å². The number of anilines is 1. The Morgan fingerprint density at radius 2 is 1.70 bits per heavy atom. The van der Waals surface area contributed by atoms with Crippen molar-refractivity contribution in [2.45, 2.75) is 39.5 Å². The first-order valence-corrected chi connectivity index (χ1v) is 8.72. The van der Waals surface area contributed by atoms with Crippen LogP contribution in [0.5, 0.6) is 0 Å². The molecule has 6 heteroatoms. The maximum atomic E-state index is 12.5. The summed E-state index contributed by atoms with van der Waals surface area (Å²) in [5, 5.41) is 5.53. The zero-order valence-corrected chi connectivity index (χ0v) is 16.2. The maximum Gasteiger partial charge on any atom is 0.412 e. The summed E-state index contributed by atoms with van der Waals surface area (Å²) in [5.74, 6) is -0.227. The molecule has 0 saturated heterocycles. The monoisotopic (exact) mass is 370 g/mol. The smallest absolute Gasteiger partial charge is 0.412 e. The number of amides is 2. The molecule has 0 unspecified atom stereocenters. The van der Waals surface area contributed by atoms with Crippen molar-refractivity contribution in [1.82, 2.24) is 5.32 Å². The highest BCUT2D eigenvalue weighted by atomic mass is 16.6. The molecule has 0 radical (unpaired) electrons. The highest BCUT2D eigenvalue weighted by Gasteiger charge is 2.16. The van der Waals surface area contributed by atoms with E-state index in [-0.39, 0.29) is 5.91 Å². The Morgan fingerprint density at radius 1 is 1.00 bits per heavy atom. The third-order valence-corrected chi connectivity index (χ3v) is 3.63. The molecular weight excluding hydrogens is 344 g/mol. The van der Waals surface area contributed by atoms with Crippen molar-refractivity contribution in [1.29, 1.82) is 0 Å². The third kappa shape index (κ3) is 6.75. The van der Waals surface area contributed by atoms with Crippen molar-refractivity contribution < 1.29 is 19.1 Å². The summed E-state index contributed by atoms with van der Waals surface area (Å²) < 4.78 is 10.4. The van der Waals surface area contributed by atoms with Gasteiger partial charge in [0.25, 0.3) is 5.91 Å². The molecule has 0 saturated carbocycles. The minimum absolute atomic E-state index is 0.227. The standard InChI is InChI=1S/C21H26N2O4/c1-21(2,3)27-20(25)23-18-11-7-10-15(12-18)19(24)22-13-16-8-5-6-9-17(16)14-26-4/h5-12H,13-14H2,1-4H3,(H,22,24)(H,23,25). The molecule has 0 aromatic heterocycles. The first-order valence-electron chi connectivity index (χ1n) is 8.72. The number of carbonyl (C=O) groups excluding carboxylic acids is 2. The summed E-state index contributed by atoms with van der Waals surface area (Å²) in [6, 6.07) is 14.5. The molecule has 6 nitrogen and oxygen atoms in total. The van der Waals surface area contributed by atoms with Crippen molar-refractivity contribution >= 4 is 17.7 Å². The van der Waals surface area contributed by atoms with Gasteiger partial charge in [0.2, 0.25) is 0 Å². The minimum Gasteiger partial charge on any atom is -0.444 e. The lowest BCUT2D eigenvalue weighted by atomic mass is 10.1. The predicted octanol–water partition coefficient (Wildman–Crippen LogP) is 4.11. The number of ether oxygens (including phenoxy) is 2. The van der Waals surface area contributed by atoms with Crippen molar-refractivity contribution in [3.8, 4) is 0 Å². The van der Waals surface area contributed by atoms with Gasteiger partial charge in [-0.1, -0.05) is 30.3 Å². The highest BCUT2D eigenvalue weighted by Crippen LogP contribution is 2.14. The Morgan fingerprint density at radius 3 is 2.37 bits per heavy atom. The van der Waals surface area contributed by atoms with Gasteiger partial charge in [-0.15, -0.1) is 0 Å². The molecule has 0 aliphatic rings. The van der Waals surface area contributed by atoms with Crippen molar-refractivity contribution in [3.05, 3.63) is 65.2 Å². The van der Waals surface area contributed by atoms with Gasteiger partial charge >= 0.3 is 6.09 Å². The van der Waals surface area contributed by atoms with Gasteiger partial charge in [0.1, 0.15) is 5.60 Å². The number of hydrogen-bond donors (Lipinski definition) is 2. The van der Waals surface area contributed by atoms with E-state index < -0.39 is 11.7 Å². The molecule has 2 rings (SSSR count). The number of rotatable bonds is 6. The molecule has 2 amide bonds. The SMILES string of the molecule is COCc1ccccc1CNC(=O)c1cccc(NC(=O)OC(C)(C)C)c1. The van der Waals surface area contributed by atoms with Gasteiger partial charge in [-0.25, -0.2) is 4.79 Å². The number of nitrogens with one attached hydrogen (secondary N) is 2. The van der Waals surface area contributed by atoms with Crippen LogP contribution in [0, 0.1) is 0 Å². The molecule has 27 heavy (non-hydrogen) atoms. The lowest BCUT2D eigenvalue weighted by molar-refractivity contribution is 0.0635. The summed E-state index contributed by atoms with van der Waals surface area (Å²) in [7, 11) is 1.64. The lowest BCUT2D eigenvalue weighted by Gasteiger charge is -2.19. The van der Waals surface area contributed by atoms with Crippen LogP contribution in [0.2, 0.25) is 0 Å². The Balaban J connectivity index is 2.00. The average Bonchev–Trinajstić information content (AvgIpc) is 2.59. The Hall–Kier alpha value is -2.86. The van der Waals surface area contributed by atoms with E-state index in [1.165, 1.54) is 0 Å². The third-order valence-electron chi connectivity index (χ3n) is 3.63. The molecule has 144 valence electrons. The van der Waals surface area contributed by atoms with E-state index in [9.17, 15) is 9.59 Å². The molecule has 0 bridgehead atoms. The van der Waals surface area contributed by atoms with Gasteiger partial charge in [0.15, 0.2) is 0 Å². The van der Waals surface area contributed by atoms with Crippen LogP contribution < -0.4 is 10.6 Å². The molecular formula is C21H26N2O4. The molecule has 0 atom stereocenters. The van der Waals surface area contributed by atoms with Crippen LogP contribution in [0.25, 0.3) is 0 Å². The molecule has 2 aromatic rings. The fourth-order valence-electron chi connectivity index (χ4n) is 2.46. The Labute approximate surface area is 159 Å².